The molecule has 0 amide bonds. The molecule has 0 aliphatic heterocycles. The summed E-state index contributed by atoms with van der Waals surface area (Å²) in [5.41, 5.74) is 2.11. The van der Waals surface area contributed by atoms with Crippen LogP contribution in [0.4, 0.5) is 0 Å². The third-order valence-electron chi connectivity index (χ3n) is 3.13. The lowest BCUT2D eigenvalue weighted by Crippen LogP contribution is -1.93. The summed E-state index contributed by atoms with van der Waals surface area (Å²) in [6, 6.07) is 4.04. The van der Waals surface area contributed by atoms with Crippen LogP contribution in [0, 0.1) is 17.7 Å². The van der Waals surface area contributed by atoms with Crippen molar-refractivity contribution in [2.75, 3.05) is 6.54 Å². The first-order chi connectivity index (χ1) is 7.79. The van der Waals surface area contributed by atoms with E-state index >= 15 is 0 Å². The lowest BCUT2D eigenvalue weighted by molar-refractivity contribution is 0.804. The van der Waals surface area contributed by atoms with Gasteiger partial charge in [0.05, 0.1) is 6.54 Å². The molecule has 0 radical (unpaired) electrons. The number of hydrogen-bond donors (Lipinski definition) is 0. The number of aromatic nitrogens is 3. The molecule has 0 saturated heterocycles. The second kappa shape index (κ2) is 3.37. The Hall–Kier alpha value is -1.78. The Kier molecular flexibility index (Phi) is 1.99. The molecule has 0 aromatic carbocycles. The van der Waals surface area contributed by atoms with Crippen molar-refractivity contribution >= 4 is 5.65 Å². The summed E-state index contributed by atoms with van der Waals surface area (Å²) in [5.74, 6) is 1.61. The van der Waals surface area contributed by atoms with Gasteiger partial charge >= 0.3 is 0 Å². The second-order valence-corrected chi connectivity index (χ2v) is 4.30. The molecular weight excluding hydrogens is 204 g/mol. The normalized spacial score (nSPS) is 23.6. The fraction of sp³-hybridized carbons (Fsp3) is 0.455. The molecule has 1 fully saturated rings. The average Bonchev–Trinajstić information content (AvgIpc) is 2.90. The van der Waals surface area contributed by atoms with Crippen molar-refractivity contribution in [3.63, 3.8) is 0 Å². The number of hydrogen-bond acceptors (Lipinski definition) is 4. The Morgan fingerprint density at radius 3 is 3.31 bits per heavy atom. The Morgan fingerprint density at radius 2 is 2.50 bits per heavy atom. The smallest absolute Gasteiger partial charge is 0.159 e. The van der Waals surface area contributed by atoms with E-state index in [1.165, 1.54) is 5.56 Å². The van der Waals surface area contributed by atoms with Crippen LogP contribution in [0.2, 0.25) is 0 Å². The Bertz CT molecular complexity index is 548. The Balaban J connectivity index is 2.01. The van der Waals surface area contributed by atoms with Gasteiger partial charge in [-0.05, 0) is 31.2 Å². The largest absolute Gasteiger partial charge is 0.221 e. The summed E-state index contributed by atoms with van der Waals surface area (Å²) < 4.78 is 1.80. The van der Waals surface area contributed by atoms with E-state index in [-0.39, 0.29) is 0 Å². The molecule has 2 heterocycles. The van der Waals surface area contributed by atoms with Gasteiger partial charge in [-0.15, -0.1) is 0 Å². The van der Waals surface area contributed by atoms with Crippen molar-refractivity contribution in [2.45, 2.75) is 19.3 Å². The van der Waals surface area contributed by atoms with Crippen LogP contribution in [-0.4, -0.2) is 21.1 Å². The highest BCUT2D eigenvalue weighted by atomic mass is 16.3. The summed E-state index contributed by atoms with van der Waals surface area (Å²) >= 11 is 0. The van der Waals surface area contributed by atoms with Crippen LogP contribution in [0.3, 0.4) is 0 Å². The van der Waals surface area contributed by atoms with Crippen molar-refractivity contribution in [1.82, 2.24) is 14.6 Å². The molecule has 0 bridgehead atoms. The third kappa shape index (κ3) is 1.39. The minimum atomic E-state index is 0.403. The van der Waals surface area contributed by atoms with Gasteiger partial charge in [-0.25, -0.2) is 9.50 Å². The second-order valence-electron chi connectivity index (χ2n) is 4.30. The standard InChI is InChI=1S/C11H12N4O/c1-7-13-11-9(3-2-4-15(11)14-7)10-5-8(10)6-12-16/h2-4,8,10H,5-6H2,1H3. The van der Waals surface area contributed by atoms with Gasteiger partial charge in [0.15, 0.2) is 5.65 Å². The van der Waals surface area contributed by atoms with E-state index in [0.29, 0.717) is 18.4 Å². The van der Waals surface area contributed by atoms with Crippen LogP contribution >= 0.6 is 0 Å². The fourth-order valence-corrected chi connectivity index (χ4v) is 2.25. The first kappa shape index (κ1) is 9.45. The van der Waals surface area contributed by atoms with E-state index in [9.17, 15) is 4.91 Å². The van der Waals surface area contributed by atoms with E-state index < -0.39 is 0 Å². The summed E-state index contributed by atoms with van der Waals surface area (Å²) in [7, 11) is 0. The predicted molar refractivity (Wildman–Crippen MR) is 59.2 cm³/mol. The molecule has 2 unspecified atom stereocenters. The zero-order chi connectivity index (χ0) is 11.1. The van der Waals surface area contributed by atoms with Crippen LogP contribution in [-0.2, 0) is 0 Å². The van der Waals surface area contributed by atoms with Gasteiger partial charge in [0.1, 0.15) is 5.82 Å². The lowest BCUT2D eigenvalue weighted by atomic mass is 10.1. The molecule has 0 N–H and O–H groups in total. The van der Waals surface area contributed by atoms with Crippen molar-refractivity contribution in [1.29, 1.82) is 0 Å². The molecule has 2 aromatic rings. The van der Waals surface area contributed by atoms with E-state index in [2.05, 4.69) is 21.3 Å². The number of nitrogens with zero attached hydrogens (tertiary/aromatic N) is 4. The van der Waals surface area contributed by atoms with Crippen LogP contribution in [0.15, 0.2) is 23.5 Å². The molecule has 2 atom stereocenters. The summed E-state index contributed by atoms with van der Waals surface area (Å²) in [5, 5.41) is 7.24. The van der Waals surface area contributed by atoms with E-state index in [1.54, 1.807) is 4.52 Å². The number of fused-ring (bicyclic) bond motifs is 1. The minimum Gasteiger partial charge on any atom is -0.221 e. The van der Waals surface area contributed by atoms with Gasteiger partial charge in [0.25, 0.3) is 0 Å². The van der Waals surface area contributed by atoms with E-state index in [0.717, 1.165) is 17.9 Å². The Morgan fingerprint density at radius 1 is 1.62 bits per heavy atom. The third-order valence-corrected chi connectivity index (χ3v) is 3.13. The van der Waals surface area contributed by atoms with Crippen LogP contribution in [0.5, 0.6) is 0 Å². The van der Waals surface area contributed by atoms with E-state index in [1.807, 2.05) is 19.2 Å². The first-order valence-corrected chi connectivity index (χ1v) is 5.40. The van der Waals surface area contributed by atoms with Gasteiger partial charge in [-0.3, -0.25) is 0 Å². The maximum Gasteiger partial charge on any atom is 0.159 e. The number of nitroso groups, excluding NO2 is 1. The molecule has 1 aliphatic carbocycles. The molecule has 16 heavy (non-hydrogen) atoms. The van der Waals surface area contributed by atoms with Crippen LogP contribution in [0.1, 0.15) is 23.7 Å². The zero-order valence-corrected chi connectivity index (χ0v) is 9.00. The Labute approximate surface area is 92.5 Å². The molecule has 0 spiro atoms. The number of aryl methyl sites for hydroxylation is 1. The van der Waals surface area contributed by atoms with Gasteiger partial charge < -0.3 is 0 Å². The van der Waals surface area contributed by atoms with Crippen molar-refractivity contribution < 1.29 is 0 Å². The highest BCUT2D eigenvalue weighted by Gasteiger charge is 2.40. The first-order valence-electron chi connectivity index (χ1n) is 5.40. The van der Waals surface area contributed by atoms with Gasteiger partial charge in [-0.2, -0.15) is 10.0 Å². The quantitative estimate of drug-likeness (QED) is 0.736. The molecule has 5 nitrogen and oxygen atoms in total. The molecule has 82 valence electrons. The molecule has 5 heteroatoms. The molecule has 1 saturated carbocycles. The maximum atomic E-state index is 10.2. The molecule has 2 aromatic heterocycles. The van der Waals surface area contributed by atoms with Gasteiger partial charge in [0.2, 0.25) is 0 Å². The molecule has 3 rings (SSSR count). The fourth-order valence-electron chi connectivity index (χ4n) is 2.25. The highest BCUT2D eigenvalue weighted by molar-refractivity contribution is 5.51. The van der Waals surface area contributed by atoms with Crippen LogP contribution in [0.25, 0.3) is 5.65 Å². The highest BCUT2D eigenvalue weighted by Crippen LogP contribution is 2.48. The van der Waals surface area contributed by atoms with Crippen molar-refractivity contribution in [3.8, 4) is 0 Å². The summed E-state index contributed by atoms with van der Waals surface area (Å²) in [4.78, 5) is 14.6. The number of pyridine rings is 1. The predicted octanol–water partition coefficient (Wildman–Crippen LogP) is 1.91. The molecule has 1 aliphatic rings. The lowest BCUT2D eigenvalue weighted by Gasteiger charge is -2.00. The van der Waals surface area contributed by atoms with Crippen LogP contribution < -0.4 is 0 Å². The van der Waals surface area contributed by atoms with Gasteiger partial charge in [0, 0.05) is 11.8 Å². The van der Waals surface area contributed by atoms with Crippen molar-refractivity contribution in [3.05, 3.63) is 34.6 Å². The summed E-state index contributed by atoms with van der Waals surface area (Å²) in [6.45, 7) is 2.30. The van der Waals surface area contributed by atoms with Gasteiger partial charge in [-0.1, -0.05) is 11.2 Å². The maximum absolute atomic E-state index is 10.2. The number of rotatable bonds is 3. The SMILES string of the molecule is Cc1nc2c(C3CC3CN=O)cccn2n1. The monoisotopic (exact) mass is 216 g/mol. The average molecular weight is 216 g/mol. The summed E-state index contributed by atoms with van der Waals surface area (Å²) in [6.07, 6.45) is 2.94. The van der Waals surface area contributed by atoms with Crippen molar-refractivity contribution in [2.24, 2.45) is 11.1 Å². The topological polar surface area (TPSA) is 59.6 Å². The molecular formula is C11H12N4O. The minimum absolute atomic E-state index is 0.403. The van der Waals surface area contributed by atoms with E-state index in [4.69, 9.17) is 0 Å². The zero-order valence-electron chi connectivity index (χ0n) is 9.00.